The molecule has 0 radical (unpaired) electrons. The van der Waals surface area contributed by atoms with Crippen molar-refractivity contribution in [1.29, 1.82) is 0 Å². The highest BCUT2D eigenvalue weighted by atomic mass is 32.1. The monoisotopic (exact) mass is 265 g/mol. The highest BCUT2D eigenvalue weighted by Gasteiger charge is 2.05. The van der Waals surface area contributed by atoms with E-state index >= 15 is 0 Å². The number of aliphatic carboxylic acids is 1. The number of thiophene rings is 1. The molecule has 0 aromatic carbocycles. The summed E-state index contributed by atoms with van der Waals surface area (Å²) < 4.78 is 1.97. The predicted molar refractivity (Wildman–Crippen MR) is 69.4 cm³/mol. The molecule has 5 nitrogen and oxygen atoms in total. The Morgan fingerprint density at radius 3 is 2.89 bits per heavy atom. The number of carboxylic acid groups (broad SMARTS) is 1. The number of rotatable bonds is 6. The average molecular weight is 265 g/mol. The summed E-state index contributed by atoms with van der Waals surface area (Å²) in [5.74, 6) is 0.196. The van der Waals surface area contributed by atoms with Crippen molar-refractivity contribution in [2.24, 2.45) is 7.05 Å². The van der Waals surface area contributed by atoms with Crippen molar-refractivity contribution < 1.29 is 9.90 Å². The first-order valence-electron chi connectivity index (χ1n) is 5.61. The van der Waals surface area contributed by atoms with E-state index in [0.717, 1.165) is 22.1 Å². The molecule has 2 heterocycles. The Bertz CT molecular complexity index is 533. The molecule has 0 saturated heterocycles. The highest BCUT2D eigenvalue weighted by molar-refractivity contribution is 7.12. The number of carbonyl (C=O) groups is 1. The molecule has 6 heteroatoms. The first kappa shape index (κ1) is 12.8. The number of hydrogen-bond donors (Lipinski definition) is 2. The van der Waals surface area contributed by atoms with Crippen LogP contribution in [0, 0.1) is 0 Å². The highest BCUT2D eigenvalue weighted by Crippen LogP contribution is 2.16. The summed E-state index contributed by atoms with van der Waals surface area (Å²) in [7, 11) is 1.96. The molecule has 2 aromatic rings. The van der Waals surface area contributed by atoms with Crippen molar-refractivity contribution in [3.63, 3.8) is 0 Å². The molecule has 0 amide bonds. The number of nitrogens with one attached hydrogen (secondary N) is 1. The maximum atomic E-state index is 10.6. The molecule has 0 bridgehead atoms. The van der Waals surface area contributed by atoms with E-state index in [2.05, 4.69) is 10.3 Å². The molecular weight excluding hydrogens is 250 g/mol. The summed E-state index contributed by atoms with van der Waals surface area (Å²) in [4.78, 5) is 16.8. The van der Waals surface area contributed by atoms with Gasteiger partial charge in [-0.15, -0.1) is 11.3 Å². The van der Waals surface area contributed by atoms with E-state index in [1.165, 1.54) is 11.3 Å². The number of aryl methyl sites for hydroxylation is 1. The molecule has 0 saturated carbocycles. The van der Waals surface area contributed by atoms with Crippen LogP contribution in [0.5, 0.6) is 0 Å². The number of imidazole rings is 1. The lowest BCUT2D eigenvalue weighted by Crippen LogP contribution is -2.14. The minimum absolute atomic E-state index is 0.101. The number of aromatic nitrogens is 2. The van der Waals surface area contributed by atoms with E-state index in [0.29, 0.717) is 6.54 Å². The summed E-state index contributed by atoms with van der Waals surface area (Å²) in [6, 6.07) is 3.84. The molecule has 18 heavy (non-hydrogen) atoms. The number of carboxylic acids is 1. The molecule has 2 aromatic heterocycles. The third kappa shape index (κ3) is 3.41. The van der Waals surface area contributed by atoms with Crippen molar-refractivity contribution >= 4 is 17.3 Å². The Hall–Kier alpha value is -1.66. The van der Waals surface area contributed by atoms with E-state index in [9.17, 15) is 4.79 Å². The minimum Gasteiger partial charge on any atom is -0.481 e. The van der Waals surface area contributed by atoms with Gasteiger partial charge in [0, 0.05) is 35.7 Å². The second-order valence-electron chi connectivity index (χ2n) is 4.00. The molecule has 96 valence electrons. The van der Waals surface area contributed by atoms with Crippen LogP contribution in [0.3, 0.4) is 0 Å². The Kier molecular flexibility index (Phi) is 4.11. The van der Waals surface area contributed by atoms with E-state index in [-0.39, 0.29) is 6.42 Å². The Morgan fingerprint density at radius 1 is 1.44 bits per heavy atom. The summed E-state index contributed by atoms with van der Waals surface area (Å²) >= 11 is 1.53. The lowest BCUT2D eigenvalue weighted by Gasteiger charge is -2.03. The molecule has 0 unspecified atom stereocenters. The molecule has 0 aliphatic carbocycles. The summed E-state index contributed by atoms with van der Waals surface area (Å²) in [5, 5.41) is 12.0. The SMILES string of the molecule is Cn1ccnc1CNCc1ccc(CC(=O)O)s1. The van der Waals surface area contributed by atoms with Crippen molar-refractivity contribution in [3.8, 4) is 0 Å². The third-order valence-corrected chi connectivity index (χ3v) is 3.63. The summed E-state index contributed by atoms with van der Waals surface area (Å²) in [6.45, 7) is 1.44. The van der Waals surface area contributed by atoms with Gasteiger partial charge in [0.1, 0.15) is 5.82 Å². The van der Waals surface area contributed by atoms with E-state index in [1.807, 2.05) is 29.9 Å². The second-order valence-corrected chi connectivity index (χ2v) is 5.25. The van der Waals surface area contributed by atoms with Gasteiger partial charge in [0.15, 0.2) is 0 Å². The fraction of sp³-hybridized carbons (Fsp3) is 0.333. The van der Waals surface area contributed by atoms with Gasteiger partial charge in [-0.1, -0.05) is 0 Å². The van der Waals surface area contributed by atoms with Gasteiger partial charge in [0.25, 0.3) is 0 Å². The quantitative estimate of drug-likeness (QED) is 0.828. The molecule has 2 N–H and O–H groups in total. The molecule has 0 aliphatic rings. The summed E-state index contributed by atoms with van der Waals surface area (Å²) in [6.07, 6.45) is 3.78. The van der Waals surface area contributed by atoms with Crippen LogP contribution in [0.25, 0.3) is 0 Å². The van der Waals surface area contributed by atoms with Gasteiger partial charge in [0.2, 0.25) is 0 Å². The molecule has 0 aliphatic heterocycles. The maximum Gasteiger partial charge on any atom is 0.308 e. The second kappa shape index (κ2) is 5.79. The lowest BCUT2D eigenvalue weighted by atomic mass is 10.3. The van der Waals surface area contributed by atoms with Gasteiger partial charge in [-0.05, 0) is 12.1 Å². The lowest BCUT2D eigenvalue weighted by molar-refractivity contribution is -0.136. The van der Waals surface area contributed by atoms with Gasteiger partial charge in [-0.25, -0.2) is 4.98 Å². The predicted octanol–water partition coefficient (Wildman–Crippen LogP) is 1.40. The zero-order chi connectivity index (χ0) is 13.0. The van der Waals surface area contributed by atoms with Crippen LogP contribution in [0.4, 0.5) is 0 Å². The smallest absolute Gasteiger partial charge is 0.308 e. The van der Waals surface area contributed by atoms with Crippen LogP contribution < -0.4 is 5.32 Å². The zero-order valence-electron chi connectivity index (χ0n) is 10.1. The molecule has 0 atom stereocenters. The van der Waals surface area contributed by atoms with Gasteiger partial charge < -0.3 is 15.0 Å². The standard InChI is InChI=1S/C12H15N3O2S/c1-15-5-4-14-11(15)8-13-7-10-3-2-9(18-10)6-12(16)17/h2-5,13H,6-8H2,1H3,(H,16,17). The third-order valence-electron chi connectivity index (χ3n) is 2.55. The van der Waals surface area contributed by atoms with Crippen molar-refractivity contribution in [3.05, 3.63) is 40.1 Å². The number of nitrogens with zero attached hydrogens (tertiary/aromatic N) is 2. The van der Waals surface area contributed by atoms with Crippen molar-refractivity contribution in [1.82, 2.24) is 14.9 Å². The number of hydrogen-bond acceptors (Lipinski definition) is 4. The normalized spacial score (nSPS) is 10.7. The fourth-order valence-corrected chi connectivity index (χ4v) is 2.60. The maximum absolute atomic E-state index is 10.6. The van der Waals surface area contributed by atoms with E-state index in [4.69, 9.17) is 5.11 Å². The molecule has 2 rings (SSSR count). The average Bonchev–Trinajstić information content (AvgIpc) is 2.89. The van der Waals surface area contributed by atoms with Gasteiger partial charge in [-0.2, -0.15) is 0 Å². The van der Waals surface area contributed by atoms with Crippen LogP contribution in [0.2, 0.25) is 0 Å². The topological polar surface area (TPSA) is 67.2 Å². The van der Waals surface area contributed by atoms with Gasteiger partial charge in [-0.3, -0.25) is 4.79 Å². The first-order chi connectivity index (χ1) is 8.65. The summed E-state index contributed by atoms with van der Waals surface area (Å²) in [5.41, 5.74) is 0. The van der Waals surface area contributed by atoms with Crippen LogP contribution in [0.15, 0.2) is 24.5 Å². The Balaban J connectivity index is 1.82. The van der Waals surface area contributed by atoms with Crippen molar-refractivity contribution in [2.45, 2.75) is 19.5 Å². The minimum atomic E-state index is -0.788. The molecule has 0 fully saturated rings. The zero-order valence-corrected chi connectivity index (χ0v) is 10.9. The van der Waals surface area contributed by atoms with Crippen molar-refractivity contribution in [2.75, 3.05) is 0 Å². The largest absolute Gasteiger partial charge is 0.481 e. The van der Waals surface area contributed by atoms with Crippen LogP contribution in [-0.4, -0.2) is 20.6 Å². The Morgan fingerprint density at radius 2 is 2.22 bits per heavy atom. The fourth-order valence-electron chi connectivity index (χ4n) is 1.63. The van der Waals surface area contributed by atoms with Gasteiger partial charge in [0.05, 0.1) is 13.0 Å². The first-order valence-corrected chi connectivity index (χ1v) is 6.43. The van der Waals surface area contributed by atoms with Gasteiger partial charge >= 0.3 is 5.97 Å². The van der Waals surface area contributed by atoms with E-state index < -0.39 is 5.97 Å². The van der Waals surface area contributed by atoms with E-state index in [1.54, 1.807) is 6.20 Å². The van der Waals surface area contributed by atoms with Crippen LogP contribution >= 0.6 is 11.3 Å². The van der Waals surface area contributed by atoms with Crippen LogP contribution in [0.1, 0.15) is 15.6 Å². The Labute approximate surface area is 109 Å². The molecule has 0 spiro atoms. The molecular formula is C12H15N3O2S. The van der Waals surface area contributed by atoms with Crippen LogP contribution in [-0.2, 0) is 31.4 Å².